The highest BCUT2D eigenvalue weighted by Gasteiger charge is 2.16. The molecule has 1 aromatic heterocycles. The molecular weight excluding hydrogens is 184 g/mol. The first kappa shape index (κ1) is 9.98. The number of aromatic nitrogens is 2. The van der Waals surface area contributed by atoms with Gasteiger partial charge in [0.2, 0.25) is 0 Å². The van der Waals surface area contributed by atoms with E-state index in [1.807, 2.05) is 6.07 Å². The Balaban J connectivity index is 2.81. The molecule has 0 aliphatic rings. The minimum absolute atomic E-state index is 0.0587. The number of nitrogens with zero attached hydrogens (tertiary/aromatic N) is 1. The third kappa shape index (κ3) is 2.69. The third-order valence-electron chi connectivity index (χ3n) is 1.64. The van der Waals surface area contributed by atoms with Gasteiger partial charge in [0.05, 0.1) is 0 Å². The highest BCUT2D eigenvalue weighted by molar-refractivity contribution is 7.80. The van der Waals surface area contributed by atoms with Crippen LogP contribution in [0.15, 0.2) is 6.07 Å². The number of hydrogen-bond acceptors (Lipinski definition) is 2. The highest BCUT2D eigenvalue weighted by Crippen LogP contribution is 2.21. The van der Waals surface area contributed by atoms with Crippen molar-refractivity contribution in [2.75, 3.05) is 5.32 Å². The lowest BCUT2D eigenvalue weighted by Gasteiger charge is -2.14. The summed E-state index contributed by atoms with van der Waals surface area (Å²) in [5.74, 6) is 0.664. The molecular formula is C8H14N4S. The van der Waals surface area contributed by atoms with E-state index in [-0.39, 0.29) is 10.5 Å². The van der Waals surface area contributed by atoms with E-state index in [1.165, 1.54) is 0 Å². The molecule has 1 heterocycles. The largest absolute Gasteiger partial charge is 0.376 e. The summed E-state index contributed by atoms with van der Waals surface area (Å²) >= 11 is 4.69. The second-order valence-corrected chi connectivity index (χ2v) is 4.35. The molecule has 4 N–H and O–H groups in total. The maximum atomic E-state index is 5.31. The van der Waals surface area contributed by atoms with E-state index >= 15 is 0 Å². The van der Waals surface area contributed by atoms with Crippen molar-refractivity contribution >= 4 is 23.1 Å². The summed E-state index contributed by atoms with van der Waals surface area (Å²) in [5, 5.41) is 9.94. The zero-order valence-electron chi connectivity index (χ0n) is 8.01. The predicted molar refractivity (Wildman–Crippen MR) is 57.7 cm³/mol. The van der Waals surface area contributed by atoms with Gasteiger partial charge in [0.25, 0.3) is 0 Å². The van der Waals surface area contributed by atoms with Crippen molar-refractivity contribution in [3.63, 3.8) is 0 Å². The van der Waals surface area contributed by atoms with Gasteiger partial charge in [0.15, 0.2) is 10.9 Å². The summed E-state index contributed by atoms with van der Waals surface area (Å²) in [6.07, 6.45) is 0. The van der Waals surface area contributed by atoms with E-state index in [1.54, 1.807) is 0 Å². The van der Waals surface area contributed by atoms with Gasteiger partial charge in [0, 0.05) is 17.2 Å². The van der Waals surface area contributed by atoms with E-state index in [0.717, 1.165) is 5.69 Å². The Bertz CT molecular complexity index is 310. The van der Waals surface area contributed by atoms with Crippen LogP contribution < -0.4 is 11.1 Å². The molecule has 0 aromatic carbocycles. The van der Waals surface area contributed by atoms with Gasteiger partial charge in [0.1, 0.15) is 0 Å². The van der Waals surface area contributed by atoms with Crippen LogP contribution in [0.25, 0.3) is 0 Å². The molecule has 13 heavy (non-hydrogen) atoms. The van der Waals surface area contributed by atoms with Crippen LogP contribution in [0, 0.1) is 0 Å². The second-order valence-electron chi connectivity index (χ2n) is 3.91. The highest BCUT2D eigenvalue weighted by atomic mass is 32.1. The van der Waals surface area contributed by atoms with Gasteiger partial charge in [-0.15, -0.1) is 0 Å². The van der Waals surface area contributed by atoms with Crippen molar-refractivity contribution in [2.24, 2.45) is 5.73 Å². The lowest BCUT2D eigenvalue weighted by atomic mass is 9.92. The van der Waals surface area contributed by atoms with Crippen molar-refractivity contribution in [3.05, 3.63) is 11.8 Å². The maximum absolute atomic E-state index is 5.31. The van der Waals surface area contributed by atoms with Crippen molar-refractivity contribution in [3.8, 4) is 0 Å². The number of thiocarbonyl (C=S) groups is 1. The molecule has 1 rings (SSSR count). The third-order valence-corrected chi connectivity index (χ3v) is 1.74. The Labute approximate surface area is 82.9 Å². The molecule has 0 bridgehead atoms. The first-order valence-corrected chi connectivity index (χ1v) is 4.43. The first-order valence-electron chi connectivity index (χ1n) is 4.02. The van der Waals surface area contributed by atoms with Crippen LogP contribution in [0.5, 0.6) is 0 Å². The molecule has 0 aliphatic carbocycles. The van der Waals surface area contributed by atoms with Crippen molar-refractivity contribution in [2.45, 2.75) is 26.2 Å². The Morgan fingerprint density at radius 1 is 1.62 bits per heavy atom. The number of aromatic amines is 1. The number of anilines is 1. The summed E-state index contributed by atoms with van der Waals surface area (Å²) in [6.45, 7) is 6.31. The van der Waals surface area contributed by atoms with Crippen molar-refractivity contribution in [1.29, 1.82) is 0 Å². The van der Waals surface area contributed by atoms with Crippen molar-refractivity contribution < 1.29 is 0 Å². The molecule has 0 atom stereocenters. The Morgan fingerprint density at radius 2 is 2.23 bits per heavy atom. The van der Waals surface area contributed by atoms with Gasteiger partial charge in [-0.05, 0) is 12.2 Å². The van der Waals surface area contributed by atoms with E-state index < -0.39 is 0 Å². The summed E-state index contributed by atoms with van der Waals surface area (Å²) in [6, 6.07) is 1.90. The minimum Gasteiger partial charge on any atom is -0.376 e. The zero-order chi connectivity index (χ0) is 10.1. The van der Waals surface area contributed by atoms with Crippen LogP contribution in [-0.2, 0) is 5.41 Å². The van der Waals surface area contributed by atoms with E-state index in [9.17, 15) is 0 Å². The Kier molecular flexibility index (Phi) is 2.56. The summed E-state index contributed by atoms with van der Waals surface area (Å²) in [5.41, 5.74) is 6.42. The fraction of sp³-hybridized carbons (Fsp3) is 0.500. The minimum atomic E-state index is 0.0587. The quantitative estimate of drug-likeness (QED) is 0.596. The molecule has 0 radical (unpaired) electrons. The molecule has 1 aromatic rings. The molecule has 0 fully saturated rings. The summed E-state index contributed by atoms with van der Waals surface area (Å²) in [4.78, 5) is 0. The summed E-state index contributed by atoms with van der Waals surface area (Å²) < 4.78 is 0. The lowest BCUT2D eigenvalue weighted by Crippen LogP contribution is -2.19. The molecule has 4 nitrogen and oxygen atoms in total. The van der Waals surface area contributed by atoms with Crippen LogP contribution in [0.2, 0.25) is 0 Å². The number of H-pyrrole nitrogens is 1. The lowest BCUT2D eigenvalue weighted by molar-refractivity contribution is 0.567. The molecule has 0 amide bonds. The first-order chi connectivity index (χ1) is 5.89. The van der Waals surface area contributed by atoms with Gasteiger partial charge < -0.3 is 11.1 Å². The van der Waals surface area contributed by atoms with Gasteiger partial charge in [-0.25, -0.2) is 0 Å². The number of nitrogens with one attached hydrogen (secondary N) is 2. The normalized spacial score (nSPS) is 11.3. The van der Waals surface area contributed by atoms with Crippen molar-refractivity contribution in [1.82, 2.24) is 10.2 Å². The molecule has 5 heteroatoms. The summed E-state index contributed by atoms with van der Waals surface area (Å²) in [7, 11) is 0. The second kappa shape index (κ2) is 3.33. The van der Waals surface area contributed by atoms with E-state index in [2.05, 4.69) is 36.3 Å². The molecule has 0 spiro atoms. The molecule has 72 valence electrons. The molecule has 0 saturated heterocycles. The standard InChI is InChI=1S/C8H14N4S/c1-8(2,3)5-4-6(12-11-5)10-7(9)13/h4H,1-3H3,(H4,9,10,11,12,13). The average molecular weight is 198 g/mol. The van der Waals surface area contributed by atoms with Crippen LogP contribution >= 0.6 is 12.2 Å². The molecule has 0 saturated carbocycles. The van der Waals surface area contributed by atoms with E-state index in [0.29, 0.717) is 5.82 Å². The van der Waals surface area contributed by atoms with E-state index in [4.69, 9.17) is 18.0 Å². The Morgan fingerprint density at radius 3 is 2.62 bits per heavy atom. The fourth-order valence-electron chi connectivity index (χ4n) is 0.896. The zero-order valence-corrected chi connectivity index (χ0v) is 8.83. The topological polar surface area (TPSA) is 66.7 Å². The number of nitrogens with two attached hydrogens (primary N) is 1. The van der Waals surface area contributed by atoms with Gasteiger partial charge >= 0.3 is 0 Å². The fourth-order valence-corrected chi connectivity index (χ4v) is 1.00. The van der Waals surface area contributed by atoms with Crippen LogP contribution in [-0.4, -0.2) is 15.3 Å². The monoisotopic (exact) mass is 198 g/mol. The van der Waals surface area contributed by atoms with Crippen LogP contribution in [0.1, 0.15) is 26.5 Å². The molecule has 0 aliphatic heterocycles. The Hall–Kier alpha value is -1.10. The number of rotatable bonds is 1. The van der Waals surface area contributed by atoms with Crippen LogP contribution in [0.3, 0.4) is 0 Å². The van der Waals surface area contributed by atoms with Gasteiger partial charge in [-0.1, -0.05) is 20.8 Å². The smallest absolute Gasteiger partial charge is 0.169 e. The molecule has 0 unspecified atom stereocenters. The van der Waals surface area contributed by atoms with Crippen LogP contribution in [0.4, 0.5) is 5.82 Å². The SMILES string of the molecule is CC(C)(C)c1cc(NC(N)=S)n[nH]1. The predicted octanol–water partition coefficient (Wildman–Crippen LogP) is 1.36. The van der Waals surface area contributed by atoms with Gasteiger partial charge in [-0.2, -0.15) is 5.10 Å². The van der Waals surface area contributed by atoms with Gasteiger partial charge in [-0.3, -0.25) is 5.10 Å². The maximum Gasteiger partial charge on any atom is 0.169 e. The average Bonchev–Trinajstić information content (AvgIpc) is 2.32. The number of hydrogen-bond donors (Lipinski definition) is 3.